The Hall–Kier alpha value is -1.77. The first-order valence-electron chi connectivity index (χ1n) is 9.86. The fourth-order valence-electron chi connectivity index (χ4n) is 3.47. The van der Waals surface area contributed by atoms with Crippen LogP contribution < -0.4 is 0 Å². The smallest absolute Gasteiger partial charge is 0.410 e. The SMILES string of the molecule is CC(C)(C)OC(=O)N1CCC[C@@H](N(Cc2cncnc2)Cc2cnc(Cl)s2)CC1. The normalized spacial score (nSPS) is 18.0. The van der Waals surface area contributed by atoms with Gasteiger partial charge >= 0.3 is 6.09 Å². The average Bonchev–Trinajstić information content (AvgIpc) is 2.91. The van der Waals surface area contributed by atoms with E-state index in [2.05, 4.69) is 19.9 Å². The highest BCUT2D eigenvalue weighted by Crippen LogP contribution is 2.25. The first-order valence-corrected chi connectivity index (χ1v) is 11.1. The Morgan fingerprint density at radius 2 is 2.00 bits per heavy atom. The van der Waals surface area contributed by atoms with Gasteiger partial charge in [-0.15, -0.1) is 11.3 Å². The molecule has 0 aliphatic carbocycles. The molecule has 1 saturated heterocycles. The summed E-state index contributed by atoms with van der Waals surface area (Å²) in [4.78, 5) is 30.3. The van der Waals surface area contributed by atoms with Crippen molar-refractivity contribution >= 4 is 29.0 Å². The van der Waals surface area contributed by atoms with E-state index in [4.69, 9.17) is 16.3 Å². The van der Waals surface area contributed by atoms with E-state index in [-0.39, 0.29) is 6.09 Å². The second kappa shape index (κ2) is 9.82. The number of hydrogen-bond donors (Lipinski definition) is 0. The Morgan fingerprint density at radius 1 is 1.24 bits per heavy atom. The van der Waals surface area contributed by atoms with E-state index in [0.29, 0.717) is 17.1 Å². The monoisotopic (exact) mass is 437 g/mol. The molecule has 7 nitrogen and oxygen atoms in total. The fraction of sp³-hybridized carbons (Fsp3) is 0.600. The predicted molar refractivity (Wildman–Crippen MR) is 114 cm³/mol. The van der Waals surface area contributed by atoms with E-state index >= 15 is 0 Å². The maximum Gasteiger partial charge on any atom is 0.410 e. The second-order valence-corrected chi connectivity index (χ2v) is 9.98. The molecule has 1 aliphatic rings. The number of aromatic nitrogens is 3. The highest BCUT2D eigenvalue weighted by Gasteiger charge is 2.28. The summed E-state index contributed by atoms with van der Waals surface area (Å²) in [5.41, 5.74) is 0.587. The van der Waals surface area contributed by atoms with Crippen molar-refractivity contribution in [2.45, 2.75) is 64.8 Å². The number of carbonyl (C=O) groups excluding carboxylic acids is 1. The van der Waals surface area contributed by atoms with Gasteiger partial charge in [0.25, 0.3) is 0 Å². The van der Waals surface area contributed by atoms with Crippen LogP contribution in [0.15, 0.2) is 24.9 Å². The van der Waals surface area contributed by atoms with Gasteiger partial charge < -0.3 is 9.64 Å². The number of rotatable bonds is 5. The van der Waals surface area contributed by atoms with Crippen molar-refractivity contribution in [3.8, 4) is 0 Å². The maximum atomic E-state index is 12.5. The van der Waals surface area contributed by atoms with Crippen LogP contribution in [0.1, 0.15) is 50.5 Å². The minimum absolute atomic E-state index is 0.226. The first-order chi connectivity index (χ1) is 13.8. The van der Waals surface area contributed by atoms with Crippen LogP contribution in [0, 0.1) is 0 Å². The molecule has 1 atom stereocenters. The van der Waals surface area contributed by atoms with Crippen molar-refractivity contribution in [2.24, 2.45) is 0 Å². The number of hydrogen-bond acceptors (Lipinski definition) is 7. The lowest BCUT2D eigenvalue weighted by atomic mass is 10.1. The van der Waals surface area contributed by atoms with E-state index < -0.39 is 5.60 Å². The highest BCUT2D eigenvalue weighted by atomic mass is 35.5. The van der Waals surface area contributed by atoms with Crippen LogP contribution in [0.5, 0.6) is 0 Å². The van der Waals surface area contributed by atoms with Crippen LogP contribution in [0.3, 0.4) is 0 Å². The highest BCUT2D eigenvalue weighted by molar-refractivity contribution is 7.15. The Bertz CT molecular complexity index is 796. The summed E-state index contributed by atoms with van der Waals surface area (Å²) in [6.45, 7) is 8.61. The zero-order valence-electron chi connectivity index (χ0n) is 17.2. The molecule has 0 N–H and O–H groups in total. The zero-order valence-corrected chi connectivity index (χ0v) is 18.7. The summed E-state index contributed by atoms with van der Waals surface area (Å²) in [6, 6.07) is 0.337. The molecule has 0 spiro atoms. The molecule has 1 amide bonds. The Morgan fingerprint density at radius 3 is 2.66 bits per heavy atom. The average molecular weight is 438 g/mol. The van der Waals surface area contributed by atoms with E-state index in [1.54, 1.807) is 6.33 Å². The summed E-state index contributed by atoms with van der Waals surface area (Å²) in [6.07, 6.45) is 9.70. The lowest BCUT2D eigenvalue weighted by Gasteiger charge is -2.31. The van der Waals surface area contributed by atoms with Crippen molar-refractivity contribution in [1.29, 1.82) is 0 Å². The molecule has 2 aromatic heterocycles. The summed E-state index contributed by atoms with van der Waals surface area (Å²) < 4.78 is 6.11. The van der Waals surface area contributed by atoms with Gasteiger partial charge in [0.2, 0.25) is 0 Å². The lowest BCUT2D eigenvalue weighted by molar-refractivity contribution is 0.0252. The second-order valence-electron chi connectivity index (χ2n) is 8.28. The molecule has 158 valence electrons. The van der Waals surface area contributed by atoms with E-state index in [1.807, 2.05) is 44.3 Å². The van der Waals surface area contributed by atoms with Crippen LogP contribution in [-0.2, 0) is 17.8 Å². The summed E-state index contributed by atoms with van der Waals surface area (Å²) >= 11 is 7.54. The van der Waals surface area contributed by atoms with Gasteiger partial charge in [-0.2, -0.15) is 0 Å². The Kier molecular flexibility index (Phi) is 7.43. The van der Waals surface area contributed by atoms with Gasteiger partial charge in [0.15, 0.2) is 4.47 Å². The Balaban J connectivity index is 1.69. The van der Waals surface area contributed by atoms with E-state index in [9.17, 15) is 4.79 Å². The summed E-state index contributed by atoms with van der Waals surface area (Å²) in [5.74, 6) is 0. The van der Waals surface area contributed by atoms with Gasteiger partial charge in [0.05, 0.1) is 0 Å². The molecule has 1 fully saturated rings. The molecule has 0 radical (unpaired) electrons. The number of thiazole rings is 1. The molecule has 3 heterocycles. The molecule has 29 heavy (non-hydrogen) atoms. The molecule has 0 bridgehead atoms. The van der Waals surface area contributed by atoms with Crippen molar-refractivity contribution in [3.63, 3.8) is 0 Å². The van der Waals surface area contributed by atoms with Crippen LogP contribution in [-0.4, -0.2) is 55.6 Å². The number of nitrogens with zero attached hydrogens (tertiary/aromatic N) is 5. The van der Waals surface area contributed by atoms with Crippen molar-refractivity contribution < 1.29 is 9.53 Å². The van der Waals surface area contributed by atoms with Crippen LogP contribution >= 0.6 is 22.9 Å². The topological polar surface area (TPSA) is 71.5 Å². The quantitative estimate of drug-likeness (QED) is 0.691. The van der Waals surface area contributed by atoms with Crippen molar-refractivity contribution in [1.82, 2.24) is 24.8 Å². The first kappa shape index (κ1) is 21.9. The molecule has 0 aromatic carbocycles. The standard InChI is InChI=1S/C20H28ClN5O2S/c1-20(2,3)28-19(27)25-7-4-5-16(6-8-25)26(12-15-9-22-14-23-10-15)13-17-11-24-18(21)29-17/h9-11,14,16H,4-8,12-13H2,1-3H3/t16-/m1/s1. The molecule has 9 heteroatoms. The maximum absolute atomic E-state index is 12.5. The largest absolute Gasteiger partial charge is 0.444 e. The number of likely N-dealkylation sites (tertiary alicyclic amines) is 1. The molecule has 0 unspecified atom stereocenters. The van der Waals surface area contributed by atoms with E-state index in [0.717, 1.165) is 49.3 Å². The van der Waals surface area contributed by atoms with Crippen LogP contribution in [0.2, 0.25) is 4.47 Å². The molecular formula is C20H28ClN5O2S. The molecular weight excluding hydrogens is 410 g/mol. The van der Waals surface area contributed by atoms with Crippen LogP contribution in [0.25, 0.3) is 0 Å². The van der Waals surface area contributed by atoms with Gasteiger partial charge in [-0.1, -0.05) is 11.6 Å². The van der Waals surface area contributed by atoms with Gasteiger partial charge in [-0.25, -0.2) is 19.7 Å². The zero-order chi connectivity index (χ0) is 20.9. The van der Waals surface area contributed by atoms with Crippen molar-refractivity contribution in [2.75, 3.05) is 13.1 Å². The van der Waals surface area contributed by atoms with E-state index in [1.165, 1.54) is 11.3 Å². The van der Waals surface area contributed by atoms with Gasteiger partial charge in [-0.05, 0) is 40.0 Å². The minimum atomic E-state index is -0.479. The van der Waals surface area contributed by atoms with Gasteiger partial charge in [-0.3, -0.25) is 4.90 Å². The third-order valence-electron chi connectivity index (χ3n) is 4.75. The molecule has 2 aromatic rings. The molecule has 0 saturated carbocycles. The molecule has 1 aliphatic heterocycles. The number of amides is 1. The van der Waals surface area contributed by atoms with Crippen LogP contribution in [0.4, 0.5) is 4.79 Å². The number of carbonyl (C=O) groups is 1. The lowest BCUT2D eigenvalue weighted by Crippen LogP contribution is -2.39. The summed E-state index contributed by atoms with van der Waals surface area (Å²) in [7, 11) is 0. The van der Waals surface area contributed by atoms with Crippen molar-refractivity contribution in [3.05, 3.63) is 39.8 Å². The van der Waals surface area contributed by atoms with Gasteiger partial charge in [0.1, 0.15) is 11.9 Å². The number of halogens is 1. The van der Waals surface area contributed by atoms with Gasteiger partial charge in [0, 0.05) is 61.3 Å². The summed E-state index contributed by atoms with van der Waals surface area (Å²) in [5, 5.41) is 0. The Labute approximate surface area is 181 Å². The minimum Gasteiger partial charge on any atom is -0.444 e. The third-order valence-corrected chi connectivity index (χ3v) is 5.85. The third kappa shape index (κ3) is 6.90. The predicted octanol–water partition coefficient (Wildman–Crippen LogP) is 4.38. The fourth-order valence-corrected chi connectivity index (χ4v) is 4.47. The molecule has 3 rings (SSSR count). The number of ether oxygens (including phenoxy) is 1.